The molecule has 0 aliphatic carbocycles. The molecule has 0 saturated carbocycles. The van der Waals surface area contributed by atoms with Crippen LogP contribution in [0.3, 0.4) is 0 Å². The summed E-state index contributed by atoms with van der Waals surface area (Å²) in [6, 6.07) is 0.667. The Labute approximate surface area is 123 Å². The van der Waals surface area contributed by atoms with Crippen LogP contribution in [-0.2, 0) is 9.47 Å². The zero-order chi connectivity index (χ0) is 15.0. The zero-order valence-electron chi connectivity index (χ0n) is 13.5. The van der Waals surface area contributed by atoms with E-state index in [1.165, 1.54) is 6.42 Å². The van der Waals surface area contributed by atoms with Gasteiger partial charge in [0, 0.05) is 45.9 Å². The van der Waals surface area contributed by atoms with E-state index >= 15 is 0 Å². The van der Waals surface area contributed by atoms with Crippen LogP contribution in [0.5, 0.6) is 0 Å². The smallest absolute Gasteiger partial charge is 0.0900 e. The van der Waals surface area contributed by atoms with Crippen molar-refractivity contribution in [2.75, 3.05) is 53.0 Å². The molecule has 5 heteroatoms. The molecule has 1 N–H and O–H groups in total. The molecular formula is C15H32N2O3. The third kappa shape index (κ3) is 6.50. The Morgan fingerprint density at radius 1 is 1.10 bits per heavy atom. The first-order chi connectivity index (χ1) is 9.56. The number of rotatable bonds is 9. The second-order valence-corrected chi connectivity index (χ2v) is 5.85. The number of methoxy groups -OCH3 is 1. The molecule has 3 unspecified atom stereocenters. The second-order valence-electron chi connectivity index (χ2n) is 5.85. The highest BCUT2D eigenvalue weighted by atomic mass is 16.5. The van der Waals surface area contributed by atoms with Crippen LogP contribution in [0, 0.1) is 0 Å². The summed E-state index contributed by atoms with van der Waals surface area (Å²) in [4.78, 5) is 4.86. The lowest BCUT2D eigenvalue weighted by Gasteiger charge is -2.38. The molecule has 0 bridgehead atoms. The Morgan fingerprint density at radius 3 is 2.30 bits per heavy atom. The number of hydrogen-bond donors (Lipinski definition) is 1. The second kappa shape index (κ2) is 9.68. The Bertz CT molecular complexity index is 245. The molecule has 1 saturated heterocycles. The van der Waals surface area contributed by atoms with Gasteiger partial charge in [-0.15, -0.1) is 0 Å². The van der Waals surface area contributed by atoms with Gasteiger partial charge in [0.05, 0.1) is 25.4 Å². The molecular weight excluding hydrogens is 256 g/mol. The molecule has 1 heterocycles. The van der Waals surface area contributed by atoms with Gasteiger partial charge in [0.1, 0.15) is 0 Å². The van der Waals surface area contributed by atoms with E-state index in [1.807, 2.05) is 6.92 Å². The number of aliphatic hydroxyl groups is 1. The zero-order valence-corrected chi connectivity index (χ0v) is 13.5. The predicted molar refractivity (Wildman–Crippen MR) is 81.1 cm³/mol. The van der Waals surface area contributed by atoms with Crippen molar-refractivity contribution in [1.29, 1.82) is 0 Å². The number of ether oxygens (including phenoxy) is 2. The van der Waals surface area contributed by atoms with Gasteiger partial charge in [-0.05, 0) is 20.3 Å². The van der Waals surface area contributed by atoms with Gasteiger partial charge in [-0.1, -0.05) is 6.92 Å². The van der Waals surface area contributed by atoms with E-state index < -0.39 is 6.10 Å². The van der Waals surface area contributed by atoms with Crippen molar-refractivity contribution in [1.82, 2.24) is 9.80 Å². The first kappa shape index (κ1) is 17.9. The number of aliphatic hydroxyl groups excluding tert-OH is 1. The van der Waals surface area contributed by atoms with E-state index in [1.54, 1.807) is 7.11 Å². The van der Waals surface area contributed by atoms with Gasteiger partial charge >= 0.3 is 0 Å². The molecule has 3 atom stereocenters. The van der Waals surface area contributed by atoms with Crippen LogP contribution in [0.4, 0.5) is 0 Å². The highest BCUT2D eigenvalue weighted by molar-refractivity contribution is 4.77. The first-order valence-corrected chi connectivity index (χ1v) is 7.81. The molecule has 0 spiro atoms. The third-order valence-corrected chi connectivity index (χ3v) is 4.06. The largest absolute Gasteiger partial charge is 0.389 e. The van der Waals surface area contributed by atoms with Crippen molar-refractivity contribution in [2.45, 2.75) is 45.4 Å². The molecule has 1 aliphatic rings. The fourth-order valence-electron chi connectivity index (χ4n) is 2.55. The van der Waals surface area contributed by atoms with Crippen LogP contribution in [-0.4, -0.2) is 86.2 Å². The predicted octanol–water partition coefficient (Wildman–Crippen LogP) is 0.815. The number of β-amino-alcohol motifs (C(OH)–C–C–N with tert-alkyl or cyclic N) is 1. The number of nitrogens with zero attached hydrogens (tertiary/aromatic N) is 2. The van der Waals surface area contributed by atoms with Crippen LogP contribution in [0.2, 0.25) is 0 Å². The van der Waals surface area contributed by atoms with E-state index in [0.717, 1.165) is 26.2 Å². The topological polar surface area (TPSA) is 45.2 Å². The fraction of sp³-hybridized carbons (Fsp3) is 1.00. The van der Waals surface area contributed by atoms with Crippen molar-refractivity contribution < 1.29 is 14.6 Å². The standard InChI is InChI=1S/C15H32N2O3/c1-5-13(2)17-8-6-16(7-9-17)10-15(18)12-20-14(3)11-19-4/h13-15,18H,5-12H2,1-4H3. The van der Waals surface area contributed by atoms with Crippen molar-refractivity contribution in [2.24, 2.45) is 0 Å². The molecule has 0 radical (unpaired) electrons. The van der Waals surface area contributed by atoms with Gasteiger partial charge in [0.25, 0.3) is 0 Å². The minimum absolute atomic E-state index is 0.0388. The average molecular weight is 288 g/mol. The summed E-state index contributed by atoms with van der Waals surface area (Å²) in [6.45, 7) is 12.4. The van der Waals surface area contributed by atoms with Gasteiger partial charge in [-0.3, -0.25) is 9.80 Å². The Hall–Kier alpha value is -0.200. The SMILES string of the molecule is CCC(C)N1CCN(CC(O)COC(C)COC)CC1. The van der Waals surface area contributed by atoms with Crippen molar-refractivity contribution in [3.05, 3.63) is 0 Å². The van der Waals surface area contributed by atoms with E-state index in [-0.39, 0.29) is 6.10 Å². The Balaban J connectivity index is 2.16. The third-order valence-electron chi connectivity index (χ3n) is 4.06. The summed E-state index contributed by atoms with van der Waals surface area (Å²) in [5.41, 5.74) is 0. The van der Waals surface area contributed by atoms with Crippen LogP contribution in [0.1, 0.15) is 27.2 Å². The Morgan fingerprint density at radius 2 is 1.75 bits per heavy atom. The number of piperazine rings is 1. The highest BCUT2D eigenvalue weighted by Gasteiger charge is 2.21. The molecule has 0 amide bonds. The van der Waals surface area contributed by atoms with E-state index in [4.69, 9.17) is 9.47 Å². The van der Waals surface area contributed by atoms with E-state index in [0.29, 0.717) is 25.8 Å². The average Bonchev–Trinajstić information content (AvgIpc) is 2.45. The van der Waals surface area contributed by atoms with Crippen LogP contribution in [0.25, 0.3) is 0 Å². The molecule has 0 aromatic carbocycles. The Kier molecular flexibility index (Phi) is 8.64. The molecule has 1 aliphatic heterocycles. The van der Waals surface area contributed by atoms with Gasteiger partial charge in [-0.2, -0.15) is 0 Å². The summed E-state index contributed by atoms with van der Waals surface area (Å²) < 4.78 is 10.6. The highest BCUT2D eigenvalue weighted by Crippen LogP contribution is 2.09. The van der Waals surface area contributed by atoms with Crippen LogP contribution in [0.15, 0.2) is 0 Å². The molecule has 5 nitrogen and oxygen atoms in total. The lowest BCUT2D eigenvalue weighted by Crippen LogP contribution is -2.51. The molecule has 0 aromatic rings. The minimum Gasteiger partial charge on any atom is -0.389 e. The van der Waals surface area contributed by atoms with Crippen molar-refractivity contribution in [3.63, 3.8) is 0 Å². The minimum atomic E-state index is -0.413. The quantitative estimate of drug-likeness (QED) is 0.680. The maximum absolute atomic E-state index is 10.0. The molecule has 120 valence electrons. The van der Waals surface area contributed by atoms with Crippen molar-refractivity contribution >= 4 is 0 Å². The maximum Gasteiger partial charge on any atom is 0.0900 e. The summed E-state index contributed by atoms with van der Waals surface area (Å²) in [6.07, 6.45) is 0.828. The van der Waals surface area contributed by atoms with Gasteiger partial charge < -0.3 is 14.6 Å². The van der Waals surface area contributed by atoms with Gasteiger partial charge in [0.15, 0.2) is 0 Å². The summed E-state index contributed by atoms with van der Waals surface area (Å²) in [5.74, 6) is 0. The number of hydrogen-bond acceptors (Lipinski definition) is 5. The maximum atomic E-state index is 10.0. The van der Waals surface area contributed by atoms with E-state index in [2.05, 4.69) is 23.6 Å². The van der Waals surface area contributed by atoms with E-state index in [9.17, 15) is 5.11 Å². The lowest BCUT2D eigenvalue weighted by molar-refractivity contribution is -0.0434. The summed E-state index contributed by atoms with van der Waals surface area (Å²) >= 11 is 0. The molecule has 0 aromatic heterocycles. The van der Waals surface area contributed by atoms with Crippen LogP contribution < -0.4 is 0 Å². The van der Waals surface area contributed by atoms with Gasteiger partial charge in [0.2, 0.25) is 0 Å². The first-order valence-electron chi connectivity index (χ1n) is 7.81. The molecule has 20 heavy (non-hydrogen) atoms. The lowest BCUT2D eigenvalue weighted by atomic mass is 10.2. The van der Waals surface area contributed by atoms with Gasteiger partial charge in [-0.25, -0.2) is 0 Å². The fourth-order valence-corrected chi connectivity index (χ4v) is 2.55. The van der Waals surface area contributed by atoms with Crippen molar-refractivity contribution in [3.8, 4) is 0 Å². The monoisotopic (exact) mass is 288 g/mol. The normalized spacial score (nSPS) is 22.6. The van der Waals surface area contributed by atoms with Crippen LogP contribution >= 0.6 is 0 Å². The summed E-state index contributed by atoms with van der Waals surface area (Å²) in [7, 11) is 1.66. The molecule has 1 fully saturated rings. The summed E-state index contributed by atoms with van der Waals surface area (Å²) in [5, 5.41) is 10.0. The molecule has 1 rings (SSSR count).